The molecule has 0 bridgehead atoms. The molecule has 0 aliphatic heterocycles. The Hall–Kier alpha value is -0.530. The SMILES string of the molecule is CC1CCC(C2CCC(OC(=O)C(C)C3CCCCC3)CC2)CC1. The lowest BCUT2D eigenvalue weighted by molar-refractivity contribution is -0.158. The van der Waals surface area contributed by atoms with Crippen LogP contribution in [0.3, 0.4) is 0 Å². The van der Waals surface area contributed by atoms with Crippen LogP contribution in [-0.4, -0.2) is 12.1 Å². The van der Waals surface area contributed by atoms with Gasteiger partial charge in [0.15, 0.2) is 0 Å². The second-order valence-electron chi connectivity index (χ2n) is 9.18. The standard InChI is InChI=1S/C22H38O2/c1-16-8-10-19(11-9-16)20-12-14-21(15-13-20)24-22(23)17(2)18-6-4-3-5-7-18/h16-21H,3-15H2,1-2H3. The minimum absolute atomic E-state index is 0.0943. The number of ether oxygens (including phenoxy) is 1. The Kier molecular flexibility index (Phi) is 6.63. The summed E-state index contributed by atoms with van der Waals surface area (Å²) in [6.07, 6.45) is 17.1. The van der Waals surface area contributed by atoms with Crippen LogP contribution >= 0.6 is 0 Å². The van der Waals surface area contributed by atoms with E-state index in [1.165, 1.54) is 70.6 Å². The average Bonchev–Trinajstić information content (AvgIpc) is 2.63. The van der Waals surface area contributed by atoms with Gasteiger partial charge in [0.05, 0.1) is 5.92 Å². The highest BCUT2D eigenvalue weighted by atomic mass is 16.5. The first-order valence-corrected chi connectivity index (χ1v) is 10.8. The van der Waals surface area contributed by atoms with E-state index in [1.54, 1.807) is 0 Å². The zero-order chi connectivity index (χ0) is 16.9. The highest BCUT2D eigenvalue weighted by molar-refractivity contribution is 5.72. The van der Waals surface area contributed by atoms with E-state index in [-0.39, 0.29) is 18.0 Å². The molecule has 2 nitrogen and oxygen atoms in total. The summed E-state index contributed by atoms with van der Waals surface area (Å²) in [6.45, 7) is 4.51. The number of hydrogen-bond acceptors (Lipinski definition) is 2. The molecular weight excluding hydrogens is 296 g/mol. The monoisotopic (exact) mass is 334 g/mol. The summed E-state index contributed by atoms with van der Waals surface area (Å²) in [5, 5.41) is 0. The smallest absolute Gasteiger partial charge is 0.309 e. The number of carbonyl (C=O) groups excluding carboxylic acids is 1. The second kappa shape index (κ2) is 8.72. The maximum absolute atomic E-state index is 12.5. The minimum Gasteiger partial charge on any atom is -0.462 e. The first-order chi connectivity index (χ1) is 11.6. The van der Waals surface area contributed by atoms with Gasteiger partial charge in [-0.25, -0.2) is 0 Å². The van der Waals surface area contributed by atoms with Gasteiger partial charge in [0, 0.05) is 0 Å². The van der Waals surface area contributed by atoms with Crippen molar-refractivity contribution in [2.45, 2.75) is 103 Å². The molecule has 0 aromatic heterocycles. The number of carbonyl (C=O) groups is 1. The molecule has 0 aromatic carbocycles. The molecule has 0 spiro atoms. The zero-order valence-corrected chi connectivity index (χ0v) is 16.0. The molecule has 3 aliphatic carbocycles. The molecular formula is C22H38O2. The molecule has 0 saturated heterocycles. The molecule has 138 valence electrons. The van der Waals surface area contributed by atoms with E-state index in [9.17, 15) is 4.79 Å². The largest absolute Gasteiger partial charge is 0.462 e. The van der Waals surface area contributed by atoms with Crippen LogP contribution in [0.1, 0.15) is 97.3 Å². The Morgan fingerprint density at radius 1 is 0.792 bits per heavy atom. The summed E-state index contributed by atoms with van der Waals surface area (Å²) in [7, 11) is 0. The van der Waals surface area contributed by atoms with Gasteiger partial charge in [0.25, 0.3) is 0 Å². The lowest BCUT2D eigenvalue weighted by Crippen LogP contribution is -2.32. The zero-order valence-electron chi connectivity index (χ0n) is 16.0. The van der Waals surface area contributed by atoms with Gasteiger partial charge in [-0.15, -0.1) is 0 Å². The molecule has 3 rings (SSSR count). The fraction of sp³-hybridized carbons (Fsp3) is 0.955. The molecule has 0 heterocycles. The van der Waals surface area contributed by atoms with Gasteiger partial charge in [-0.1, -0.05) is 46.0 Å². The van der Waals surface area contributed by atoms with Crippen LogP contribution < -0.4 is 0 Å². The molecule has 1 atom stereocenters. The highest BCUT2D eigenvalue weighted by Crippen LogP contribution is 2.40. The fourth-order valence-corrected chi connectivity index (χ4v) is 5.53. The van der Waals surface area contributed by atoms with Crippen molar-refractivity contribution in [1.29, 1.82) is 0 Å². The Morgan fingerprint density at radius 3 is 1.92 bits per heavy atom. The molecule has 24 heavy (non-hydrogen) atoms. The second-order valence-corrected chi connectivity index (χ2v) is 9.18. The van der Waals surface area contributed by atoms with Crippen molar-refractivity contribution >= 4 is 5.97 Å². The minimum atomic E-state index is 0.0943. The topological polar surface area (TPSA) is 26.3 Å². The summed E-state index contributed by atoms with van der Waals surface area (Å²) < 4.78 is 5.92. The summed E-state index contributed by atoms with van der Waals surface area (Å²) in [5.41, 5.74) is 0. The lowest BCUT2D eigenvalue weighted by Gasteiger charge is -2.37. The van der Waals surface area contributed by atoms with Crippen molar-refractivity contribution in [2.75, 3.05) is 0 Å². The number of rotatable bonds is 4. The summed E-state index contributed by atoms with van der Waals surface area (Å²) in [5.74, 6) is 3.59. The van der Waals surface area contributed by atoms with Crippen molar-refractivity contribution in [3.8, 4) is 0 Å². The third-order valence-corrected chi connectivity index (χ3v) is 7.46. The van der Waals surface area contributed by atoms with E-state index < -0.39 is 0 Å². The van der Waals surface area contributed by atoms with Gasteiger partial charge in [-0.3, -0.25) is 4.79 Å². The number of hydrogen-bond donors (Lipinski definition) is 0. The quantitative estimate of drug-likeness (QED) is 0.578. The predicted molar refractivity (Wildman–Crippen MR) is 98.7 cm³/mol. The summed E-state index contributed by atoms with van der Waals surface area (Å²) in [6, 6.07) is 0. The van der Waals surface area contributed by atoms with Crippen LogP contribution in [0.5, 0.6) is 0 Å². The van der Waals surface area contributed by atoms with E-state index in [1.807, 2.05) is 0 Å². The normalized spacial score (nSPS) is 36.9. The molecule has 3 saturated carbocycles. The molecule has 0 radical (unpaired) electrons. The van der Waals surface area contributed by atoms with E-state index in [0.717, 1.165) is 30.6 Å². The lowest BCUT2D eigenvalue weighted by atomic mass is 9.71. The van der Waals surface area contributed by atoms with Crippen molar-refractivity contribution in [3.05, 3.63) is 0 Å². The Bertz CT molecular complexity index is 383. The molecule has 1 unspecified atom stereocenters. The maximum atomic E-state index is 12.5. The van der Waals surface area contributed by atoms with Crippen molar-refractivity contribution < 1.29 is 9.53 Å². The van der Waals surface area contributed by atoms with Crippen LogP contribution in [-0.2, 0) is 9.53 Å². The fourth-order valence-electron chi connectivity index (χ4n) is 5.53. The van der Waals surface area contributed by atoms with Crippen molar-refractivity contribution in [1.82, 2.24) is 0 Å². The third kappa shape index (κ3) is 4.76. The van der Waals surface area contributed by atoms with Gasteiger partial charge in [0.2, 0.25) is 0 Å². The van der Waals surface area contributed by atoms with Gasteiger partial charge in [-0.05, 0) is 75.0 Å². The van der Waals surface area contributed by atoms with E-state index in [4.69, 9.17) is 4.74 Å². The molecule has 0 N–H and O–H groups in total. The van der Waals surface area contributed by atoms with Gasteiger partial charge >= 0.3 is 5.97 Å². The molecule has 3 aliphatic rings. The molecule has 0 aromatic rings. The van der Waals surface area contributed by atoms with Crippen LogP contribution in [0.25, 0.3) is 0 Å². The van der Waals surface area contributed by atoms with Crippen LogP contribution in [0, 0.1) is 29.6 Å². The maximum Gasteiger partial charge on any atom is 0.309 e. The van der Waals surface area contributed by atoms with Crippen LogP contribution in [0.15, 0.2) is 0 Å². The van der Waals surface area contributed by atoms with Gasteiger partial charge < -0.3 is 4.74 Å². The third-order valence-electron chi connectivity index (χ3n) is 7.46. The summed E-state index contributed by atoms with van der Waals surface area (Å²) in [4.78, 5) is 12.5. The first kappa shape index (κ1) is 18.3. The van der Waals surface area contributed by atoms with E-state index in [2.05, 4.69) is 13.8 Å². The van der Waals surface area contributed by atoms with Crippen molar-refractivity contribution in [2.24, 2.45) is 29.6 Å². The Morgan fingerprint density at radius 2 is 1.33 bits per heavy atom. The summed E-state index contributed by atoms with van der Waals surface area (Å²) >= 11 is 0. The van der Waals surface area contributed by atoms with Gasteiger partial charge in [0.1, 0.15) is 6.10 Å². The van der Waals surface area contributed by atoms with E-state index >= 15 is 0 Å². The van der Waals surface area contributed by atoms with E-state index in [0.29, 0.717) is 5.92 Å². The first-order valence-electron chi connectivity index (χ1n) is 10.8. The number of esters is 1. The van der Waals surface area contributed by atoms with Crippen molar-refractivity contribution in [3.63, 3.8) is 0 Å². The average molecular weight is 335 g/mol. The Balaban J connectivity index is 1.39. The molecule has 2 heteroatoms. The molecule has 0 amide bonds. The van der Waals surface area contributed by atoms with Gasteiger partial charge in [-0.2, -0.15) is 0 Å². The Labute approximate surface area is 149 Å². The van der Waals surface area contributed by atoms with Crippen LogP contribution in [0.4, 0.5) is 0 Å². The van der Waals surface area contributed by atoms with Crippen LogP contribution in [0.2, 0.25) is 0 Å². The molecule has 3 fully saturated rings. The highest BCUT2D eigenvalue weighted by Gasteiger charge is 2.33. The predicted octanol–water partition coefficient (Wildman–Crippen LogP) is 6.13.